The van der Waals surface area contributed by atoms with Gasteiger partial charge in [0.2, 0.25) is 0 Å². The van der Waals surface area contributed by atoms with Crippen LogP contribution in [0.4, 0.5) is 5.69 Å². The third-order valence-electron chi connectivity index (χ3n) is 3.90. The Morgan fingerprint density at radius 1 is 1.45 bits per heavy atom. The Morgan fingerprint density at radius 2 is 2.15 bits per heavy atom. The fourth-order valence-corrected chi connectivity index (χ4v) is 2.54. The topological polar surface area (TPSA) is 56.5 Å². The molecule has 0 saturated carbocycles. The normalized spacial score (nSPS) is 17.5. The lowest BCUT2D eigenvalue weighted by atomic mass is 9.82. The molecule has 4 nitrogen and oxygen atoms in total. The standard InChI is InChI=1S/C15H22N2O2S/c1-15(5-7-19-8-6-15)10-17-13-9-11(18-2)3-4-12(13)14(16)20/h3-4,9,17H,5-8,10H2,1-2H3,(H2,16,20). The highest BCUT2D eigenvalue weighted by Crippen LogP contribution is 2.31. The molecule has 0 unspecified atom stereocenters. The quantitative estimate of drug-likeness (QED) is 0.817. The second-order valence-electron chi connectivity index (χ2n) is 5.55. The molecule has 0 amide bonds. The number of benzene rings is 1. The number of hydrogen-bond donors (Lipinski definition) is 2. The predicted molar refractivity (Wildman–Crippen MR) is 85.5 cm³/mol. The van der Waals surface area contributed by atoms with Gasteiger partial charge in [-0.25, -0.2) is 0 Å². The molecule has 110 valence electrons. The van der Waals surface area contributed by atoms with E-state index in [1.165, 1.54) is 0 Å². The Kier molecular flexibility index (Phi) is 4.83. The van der Waals surface area contributed by atoms with Crippen molar-refractivity contribution in [2.45, 2.75) is 19.8 Å². The molecule has 20 heavy (non-hydrogen) atoms. The third-order valence-corrected chi connectivity index (χ3v) is 4.12. The highest BCUT2D eigenvalue weighted by molar-refractivity contribution is 7.80. The first kappa shape index (κ1) is 15.1. The minimum absolute atomic E-state index is 0.245. The summed E-state index contributed by atoms with van der Waals surface area (Å²) in [6.07, 6.45) is 2.12. The second kappa shape index (κ2) is 6.41. The molecule has 1 fully saturated rings. The highest BCUT2D eigenvalue weighted by atomic mass is 32.1. The van der Waals surface area contributed by atoms with Crippen molar-refractivity contribution in [1.29, 1.82) is 0 Å². The van der Waals surface area contributed by atoms with Crippen molar-refractivity contribution in [2.75, 3.05) is 32.2 Å². The van der Waals surface area contributed by atoms with Crippen LogP contribution in [0.5, 0.6) is 5.75 Å². The SMILES string of the molecule is COc1ccc(C(N)=S)c(NCC2(C)CCOCC2)c1. The summed E-state index contributed by atoms with van der Waals surface area (Å²) in [4.78, 5) is 0.396. The van der Waals surface area contributed by atoms with Crippen molar-refractivity contribution in [1.82, 2.24) is 0 Å². The van der Waals surface area contributed by atoms with Crippen LogP contribution in [0.2, 0.25) is 0 Å². The average molecular weight is 294 g/mol. The minimum atomic E-state index is 0.245. The molecular weight excluding hydrogens is 272 g/mol. The number of nitrogens with two attached hydrogens (primary N) is 1. The molecule has 0 aromatic heterocycles. The van der Waals surface area contributed by atoms with Gasteiger partial charge in [-0.2, -0.15) is 0 Å². The van der Waals surface area contributed by atoms with Crippen molar-refractivity contribution in [3.05, 3.63) is 23.8 Å². The molecule has 5 heteroatoms. The van der Waals surface area contributed by atoms with E-state index < -0.39 is 0 Å². The number of ether oxygens (including phenoxy) is 2. The summed E-state index contributed by atoms with van der Waals surface area (Å²) in [5.41, 5.74) is 7.82. The fraction of sp³-hybridized carbons (Fsp3) is 0.533. The molecule has 0 aliphatic carbocycles. The van der Waals surface area contributed by atoms with Crippen molar-refractivity contribution in [2.24, 2.45) is 11.1 Å². The summed E-state index contributed by atoms with van der Waals surface area (Å²) >= 11 is 5.10. The van der Waals surface area contributed by atoms with Crippen LogP contribution in [0.15, 0.2) is 18.2 Å². The van der Waals surface area contributed by atoms with Gasteiger partial charge in [0.1, 0.15) is 10.7 Å². The Bertz CT molecular complexity index is 485. The van der Waals surface area contributed by atoms with Crippen molar-refractivity contribution >= 4 is 22.9 Å². The van der Waals surface area contributed by atoms with Crippen molar-refractivity contribution in [3.63, 3.8) is 0 Å². The molecule has 1 aliphatic rings. The van der Waals surface area contributed by atoms with E-state index in [1.54, 1.807) is 7.11 Å². The molecule has 0 radical (unpaired) electrons. The van der Waals surface area contributed by atoms with Gasteiger partial charge in [0, 0.05) is 37.1 Å². The van der Waals surface area contributed by atoms with Crippen LogP contribution in [0.3, 0.4) is 0 Å². The van der Waals surface area contributed by atoms with E-state index in [0.29, 0.717) is 4.99 Å². The smallest absolute Gasteiger partial charge is 0.120 e. The zero-order valence-electron chi connectivity index (χ0n) is 12.1. The van der Waals surface area contributed by atoms with E-state index in [-0.39, 0.29) is 5.41 Å². The summed E-state index contributed by atoms with van der Waals surface area (Å²) in [7, 11) is 1.65. The summed E-state index contributed by atoms with van der Waals surface area (Å²) in [5, 5.41) is 3.48. The highest BCUT2D eigenvalue weighted by Gasteiger charge is 2.27. The number of anilines is 1. The molecular formula is C15H22N2O2S. The summed E-state index contributed by atoms with van der Waals surface area (Å²) in [6, 6.07) is 5.71. The van der Waals surface area contributed by atoms with Gasteiger partial charge in [-0.15, -0.1) is 0 Å². The first-order valence-electron chi connectivity index (χ1n) is 6.83. The van der Waals surface area contributed by atoms with Gasteiger partial charge in [-0.3, -0.25) is 0 Å². The third kappa shape index (κ3) is 3.61. The van der Waals surface area contributed by atoms with Gasteiger partial charge < -0.3 is 20.5 Å². The van der Waals surface area contributed by atoms with Crippen LogP contribution >= 0.6 is 12.2 Å². The summed E-state index contributed by atoms with van der Waals surface area (Å²) in [6.45, 7) is 4.82. The van der Waals surface area contributed by atoms with Gasteiger partial charge >= 0.3 is 0 Å². The molecule has 1 aliphatic heterocycles. The lowest BCUT2D eigenvalue weighted by Crippen LogP contribution is -2.33. The van der Waals surface area contributed by atoms with E-state index in [9.17, 15) is 0 Å². The number of methoxy groups -OCH3 is 1. The zero-order chi connectivity index (χ0) is 14.6. The van der Waals surface area contributed by atoms with Gasteiger partial charge in [0.25, 0.3) is 0 Å². The van der Waals surface area contributed by atoms with Gasteiger partial charge in [-0.1, -0.05) is 19.1 Å². The van der Waals surface area contributed by atoms with E-state index in [0.717, 1.165) is 49.6 Å². The van der Waals surface area contributed by atoms with E-state index >= 15 is 0 Å². The molecule has 1 aromatic carbocycles. The van der Waals surface area contributed by atoms with E-state index in [2.05, 4.69) is 12.2 Å². The number of rotatable bonds is 5. The molecule has 0 atom stereocenters. The van der Waals surface area contributed by atoms with Crippen LogP contribution in [-0.2, 0) is 4.74 Å². The minimum Gasteiger partial charge on any atom is -0.497 e. The molecule has 1 saturated heterocycles. The second-order valence-corrected chi connectivity index (χ2v) is 5.99. The maximum Gasteiger partial charge on any atom is 0.120 e. The number of thiocarbonyl (C=S) groups is 1. The monoisotopic (exact) mass is 294 g/mol. The van der Waals surface area contributed by atoms with Gasteiger partial charge in [0.15, 0.2) is 0 Å². The fourth-order valence-electron chi connectivity index (χ4n) is 2.36. The molecule has 1 aromatic rings. The van der Waals surface area contributed by atoms with E-state index in [1.807, 2.05) is 18.2 Å². The largest absolute Gasteiger partial charge is 0.497 e. The Morgan fingerprint density at radius 3 is 2.75 bits per heavy atom. The first-order valence-corrected chi connectivity index (χ1v) is 7.24. The Balaban J connectivity index is 2.12. The van der Waals surface area contributed by atoms with Crippen molar-refractivity contribution < 1.29 is 9.47 Å². The Hall–Kier alpha value is -1.33. The summed E-state index contributed by atoms with van der Waals surface area (Å²) in [5.74, 6) is 0.796. The predicted octanol–water partition coefficient (Wildman–Crippen LogP) is 2.56. The molecule has 0 bridgehead atoms. The van der Waals surface area contributed by atoms with Crippen LogP contribution < -0.4 is 15.8 Å². The maximum atomic E-state index is 5.78. The molecule has 1 heterocycles. The van der Waals surface area contributed by atoms with Crippen molar-refractivity contribution in [3.8, 4) is 5.75 Å². The van der Waals surface area contributed by atoms with Crippen LogP contribution in [-0.4, -0.2) is 31.9 Å². The zero-order valence-corrected chi connectivity index (χ0v) is 12.9. The van der Waals surface area contributed by atoms with Crippen LogP contribution in [0, 0.1) is 5.41 Å². The molecule has 2 rings (SSSR count). The molecule has 3 N–H and O–H groups in total. The summed E-state index contributed by atoms with van der Waals surface area (Å²) < 4.78 is 10.7. The van der Waals surface area contributed by atoms with Gasteiger partial charge in [-0.05, 0) is 30.4 Å². The maximum absolute atomic E-state index is 5.78. The Labute approximate surface area is 125 Å². The van der Waals surface area contributed by atoms with Gasteiger partial charge in [0.05, 0.1) is 7.11 Å². The van der Waals surface area contributed by atoms with Crippen LogP contribution in [0.25, 0.3) is 0 Å². The lowest BCUT2D eigenvalue weighted by Gasteiger charge is -2.34. The van der Waals surface area contributed by atoms with Crippen LogP contribution in [0.1, 0.15) is 25.3 Å². The lowest BCUT2D eigenvalue weighted by molar-refractivity contribution is 0.0300. The number of hydrogen-bond acceptors (Lipinski definition) is 4. The number of nitrogens with one attached hydrogen (secondary N) is 1. The first-order chi connectivity index (χ1) is 9.54. The average Bonchev–Trinajstić information content (AvgIpc) is 2.45. The van der Waals surface area contributed by atoms with E-state index in [4.69, 9.17) is 27.4 Å². The molecule has 0 spiro atoms.